The van der Waals surface area contributed by atoms with Gasteiger partial charge in [-0.05, 0) is 114 Å². The summed E-state index contributed by atoms with van der Waals surface area (Å²) in [4.78, 5) is 0. The van der Waals surface area contributed by atoms with Crippen LogP contribution in [0.15, 0.2) is 84.9 Å². The third kappa shape index (κ3) is 5.40. The van der Waals surface area contributed by atoms with Crippen molar-refractivity contribution in [3.05, 3.63) is 96.1 Å². The van der Waals surface area contributed by atoms with Gasteiger partial charge in [-0.2, -0.15) is 0 Å². The van der Waals surface area contributed by atoms with E-state index in [4.69, 9.17) is 8.85 Å². The van der Waals surface area contributed by atoms with Crippen molar-refractivity contribution in [3.8, 4) is 11.1 Å². The third-order valence-corrected chi connectivity index (χ3v) is 19.7. The predicted octanol–water partition coefficient (Wildman–Crippen LogP) is 12.4. The molecule has 0 N–H and O–H groups in total. The highest BCUT2D eigenvalue weighted by atomic mass is 28.4. The first-order chi connectivity index (χ1) is 20.6. The SMILES string of the molecule is CC(C)(C)[Si](C)(C)OCc1cc(CO[Si](C)(C)C(C)(C)C)cc(-c2ccc3c4cccc5cccc(c6cccc2c63)c54)c1. The molecule has 0 unspecified atom stereocenters. The first-order valence-corrected chi connectivity index (χ1v) is 21.9. The first kappa shape index (κ1) is 31.0. The Morgan fingerprint density at radius 2 is 0.932 bits per heavy atom. The lowest BCUT2D eigenvalue weighted by molar-refractivity contribution is 0.271. The van der Waals surface area contributed by atoms with Gasteiger partial charge in [-0.25, -0.2) is 0 Å². The molecule has 0 heterocycles. The van der Waals surface area contributed by atoms with Crippen LogP contribution in [0.5, 0.6) is 0 Å². The lowest BCUT2D eigenvalue weighted by atomic mass is 9.87. The maximum absolute atomic E-state index is 6.76. The van der Waals surface area contributed by atoms with Gasteiger partial charge >= 0.3 is 0 Å². The molecule has 0 bridgehead atoms. The molecule has 0 saturated carbocycles. The molecule has 0 aliphatic heterocycles. The summed E-state index contributed by atoms with van der Waals surface area (Å²) < 4.78 is 13.5. The topological polar surface area (TPSA) is 18.5 Å². The van der Waals surface area contributed by atoms with Crippen LogP contribution < -0.4 is 0 Å². The Kier molecular flexibility index (Phi) is 7.60. The van der Waals surface area contributed by atoms with Crippen molar-refractivity contribution in [2.75, 3.05) is 0 Å². The van der Waals surface area contributed by atoms with Gasteiger partial charge in [0.25, 0.3) is 0 Å². The van der Waals surface area contributed by atoms with E-state index in [-0.39, 0.29) is 10.1 Å². The van der Waals surface area contributed by atoms with E-state index in [1.807, 2.05) is 0 Å². The van der Waals surface area contributed by atoms with E-state index >= 15 is 0 Å². The van der Waals surface area contributed by atoms with E-state index < -0.39 is 16.6 Å². The Morgan fingerprint density at radius 3 is 1.43 bits per heavy atom. The van der Waals surface area contributed by atoms with Gasteiger partial charge in [0.05, 0.1) is 13.2 Å². The van der Waals surface area contributed by atoms with Crippen molar-refractivity contribution in [3.63, 3.8) is 0 Å². The van der Waals surface area contributed by atoms with Crippen molar-refractivity contribution < 1.29 is 8.85 Å². The molecule has 0 radical (unpaired) electrons. The minimum atomic E-state index is -1.91. The molecule has 228 valence electrons. The quantitative estimate of drug-likeness (QED) is 0.101. The zero-order valence-electron chi connectivity index (χ0n) is 28.3. The first-order valence-electron chi connectivity index (χ1n) is 16.1. The minimum Gasteiger partial charge on any atom is -0.413 e. The normalized spacial score (nSPS) is 13.6. The average Bonchev–Trinajstić information content (AvgIpc) is 2.96. The second-order valence-electron chi connectivity index (χ2n) is 15.7. The number of benzene rings is 6. The molecule has 0 atom stereocenters. The van der Waals surface area contributed by atoms with Gasteiger partial charge in [-0.15, -0.1) is 0 Å². The van der Waals surface area contributed by atoms with E-state index in [2.05, 4.69) is 153 Å². The molecular formula is C40H48O2Si2. The number of hydrogen-bond donors (Lipinski definition) is 0. The van der Waals surface area contributed by atoms with Crippen molar-refractivity contribution in [1.29, 1.82) is 0 Å². The largest absolute Gasteiger partial charge is 0.413 e. The average molecular weight is 617 g/mol. The second kappa shape index (κ2) is 10.8. The highest BCUT2D eigenvalue weighted by molar-refractivity contribution is 6.74. The summed E-state index contributed by atoms with van der Waals surface area (Å²) >= 11 is 0. The second-order valence-corrected chi connectivity index (χ2v) is 25.4. The number of rotatable bonds is 7. The van der Waals surface area contributed by atoms with Crippen LogP contribution in [0, 0.1) is 0 Å². The zero-order chi connectivity index (χ0) is 31.7. The molecule has 0 aliphatic rings. The van der Waals surface area contributed by atoms with Gasteiger partial charge in [-0.3, -0.25) is 0 Å². The van der Waals surface area contributed by atoms with Crippen LogP contribution in [0.4, 0.5) is 0 Å². The Labute approximate surface area is 266 Å². The molecule has 4 heteroatoms. The van der Waals surface area contributed by atoms with Gasteiger partial charge in [0.15, 0.2) is 16.6 Å². The van der Waals surface area contributed by atoms with E-state index in [1.54, 1.807) is 0 Å². The number of fused-ring (bicyclic) bond motifs is 2. The summed E-state index contributed by atoms with van der Waals surface area (Å²) in [5.74, 6) is 0. The van der Waals surface area contributed by atoms with Crippen LogP contribution in [-0.4, -0.2) is 16.6 Å². The maximum Gasteiger partial charge on any atom is 0.192 e. The Hall–Kier alpha value is -3.03. The summed E-state index contributed by atoms with van der Waals surface area (Å²) in [5, 5.41) is 10.9. The van der Waals surface area contributed by atoms with Crippen molar-refractivity contribution in [1.82, 2.24) is 0 Å². The van der Waals surface area contributed by atoms with E-state index in [1.165, 1.54) is 65.3 Å². The monoisotopic (exact) mass is 616 g/mol. The summed E-state index contributed by atoms with van der Waals surface area (Å²) in [5.41, 5.74) is 4.93. The fourth-order valence-corrected chi connectivity index (χ4v) is 7.86. The molecule has 0 fully saturated rings. The van der Waals surface area contributed by atoms with Crippen LogP contribution in [0.25, 0.3) is 54.2 Å². The molecule has 0 amide bonds. The van der Waals surface area contributed by atoms with Gasteiger partial charge < -0.3 is 8.85 Å². The molecule has 2 nitrogen and oxygen atoms in total. The van der Waals surface area contributed by atoms with Gasteiger partial charge in [0.2, 0.25) is 0 Å². The molecule has 0 aliphatic carbocycles. The third-order valence-electron chi connectivity index (χ3n) is 10.7. The molecule has 0 saturated heterocycles. The Balaban J connectivity index is 1.51. The molecule has 6 rings (SSSR count). The fraction of sp³-hybridized carbons (Fsp3) is 0.350. The smallest absolute Gasteiger partial charge is 0.192 e. The summed E-state index contributed by atoms with van der Waals surface area (Å²) in [6, 6.07) is 31.9. The summed E-state index contributed by atoms with van der Waals surface area (Å²) in [7, 11) is -3.82. The molecule has 0 spiro atoms. The lowest BCUT2D eigenvalue weighted by Crippen LogP contribution is -2.40. The summed E-state index contributed by atoms with van der Waals surface area (Å²) in [6.45, 7) is 24.4. The van der Waals surface area contributed by atoms with Crippen molar-refractivity contribution in [2.45, 2.75) is 91.0 Å². The van der Waals surface area contributed by atoms with Crippen molar-refractivity contribution >= 4 is 59.7 Å². The van der Waals surface area contributed by atoms with Crippen molar-refractivity contribution in [2.24, 2.45) is 0 Å². The van der Waals surface area contributed by atoms with Gasteiger partial charge in [0.1, 0.15) is 0 Å². The van der Waals surface area contributed by atoms with Crippen LogP contribution in [0.1, 0.15) is 52.7 Å². The minimum absolute atomic E-state index is 0.161. The Bertz CT molecular complexity index is 1890. The molecule has 44 heavy (non-hydrogen) atoms. The van der Waals surface area contributed by atoms with Gasteiger partial charge in [0, 0.05) is 0 Å². The molecular weight excluding hydrogens is 569 g/mol. The van der Waals surface area contributed by atoms with Gasteiger partial charge in [-0.1, -0.05) is 114 Å². The predicted molar refractivity (Wildman–Crippen MR) is 197 cm³/mol. The fourth-order valence-electron chi connectivity index (χ4n) is 5.94. The van der Waals surface area contributed by atoms with E-state index in [0.717, 1.165) is 0 Å². The molecule has 0 aromatic heterocycles. The van der Waals surface area contributed by atoms with Crippen LogP contribution in [0.3, 0.4) is 0 Å². The summed E-state index contributed by atoms with van der Waals surface area (Å²) in [6.07, 6.45) is 0. The van der Waals surface area contributed by atoms with Crippen LogP contribution in [-0.2, 0) is 22.1 Å². The molecule has 6 aromatic carbocycles. The highest BCUT2D eigenvalue weighted by Crippen LogP contribution is 2.44. The maximum atomic E-state index is 6.76. The Morgan fingerprint density at radius 1 is 0.500 bits per heavy atom. The van der Waals surface area contributed by atoms with Crippen LogP contribution >= 0.6 is 0 Å². The molecule has 6 aromatic rings. The zero-order valence-corrected chi connectivity index (χ0v) is 30.3. The highest BCUT2D eigenvalue weighted by Gasteiger charge is 2.38. The van der Waals surface area contributed by atoms with Crippen LogP contribution in [0.2, 0.25) is 36.3 Å². The standard InChI is InChI=1S/C40H48O2Si2/c1-39(2,3)43(7,8)41-25-27-22-28(26-42-44(9,10)40(4,5)6)24-30(23-27)31-20-21-36-34-17-12-15-29-14-11-16-33(37(29)34)35-19-13-18-32(31)38(35)36/h11-24H,25-26H2,1-10H3. The lowest BCUT2D eigenvalue weighted by Gasteiger charge is -2.36. The number of hydrogen-bond acceptors (Lipinski definition) is 2. The van der Waals surface area contributed by atoms with E-state index in [0.29, 0.717) is 13.2 Å². The van der Waals surface area contributed by atoms with E-state index in [9.17, 15) is 0 Å².